The molecule has 1 fully saturated rings. The predicted molar refractivity (Wildman–Crippen MR) is 81.5 cm³/mol. The highest BCUT2D eigenvalue weighted by atomic mass is 16.5. The first-order chi connectivity index (χ1) is 9.19. The highest BCUT2D eigenvalue weighted by Gasteiger charge is 2.18. The molecule has 0 bridgehead atoms. The van der Waals surface area contributed by atoms with Gasteiger partial charge in [0, 0.05) is 37.9 Å². The summed E-state index contributed by atoms with van der Waals surface area (Å²) in [5, 5.41) is 0. The Morgan fingerprint density at radius 1 is 1.00 bits per heavy atom. The zero-order valence-corrected chi connectivity index (χ0v) is 12.7. The molecule has 0 N–H and O–H groups in total. The van der Waals surface area contributed by atoms with Crippen molar-refractivity contribution in [1.82, 2.24) is 4.90 Å². The maximum Gasteiger partial charge on any atom is 0.124 e. The van der Waals surface area contributed by atoms with Gasteiger partial charge in [0.05, 0.1) is 7.11 Å². The molecule has 0 aromatic heterocycles. The van der Waals surface area contributed by atoms with Crippen LogP contribution < -0.4 is 9.64 Å². The van der Waals surface area contributed by atoms with Gasteiger partial charge >= 0.3 is 0 Å². The predicted octanol–water partition coefficient (Wildman–Crippen LogP) is 2.57. The molecule has 1 saturated heterocycles. The van der Waals surface area contributed by atoms with E-state index in [-0.39, 0.29) is 0 Å². The van der Waals surface area contributed by atoms with Crippen molar-refractivity contribution in [2.45, 2.75) is 26.7 Å². The molecule has 0 amide bonds. The Labute approximate surface area is 117 Å². The fourth-order valence-corrected chi connectivity index (χ4v) is 2.76. The molecule has 19 heavy (non-hydrogen) atoms. The van der Waals surface area contributed by atoms with Crippen LogP contribution in [0.1, 0.15) is 25.0 Å². The van der Waals surface area contributed by atoms with Crippen LogP contribution in [0.2, 0.25) is 0 Å². The van der Waals surface area contributed by atoms with Crippen LogP contribution >= 0.6 is 0 Å². The van der Waals surface area contributed by atoms with E-state index in [0.29, 0.717) is 0 Å². The third kappa shape index (κ3) is 3.03. The Morgan fingerprint density at radius 3 is 2.16 bits per heavy atom. The maximum atomic E-state index is 5.55. The smallest absolute Gasteiger partial charge is 0.124 e. The number of hydrogen-bond acceptors (Lipinski definition) is 3. The van der Waals surface area contributed by atoms with E-state index in [1.54, 1.807) is 7.11 Å². The topological polar surface area (TPSA) is 15.7 Å². The molecule has 0 unspecified atom stereocenters. The van der Waals surface area contributed by atoms with Gasteiger partial charge < -0.3 is 14.5 Å². The summed E-state index contributed by atoms with van der Waals surface area (Å²) >= 11 is 0. The van der Waals surface area contributed by atoms with Gasteiger partial charge in [0.25, 0.3) is 0 Å². The normalized spacial score (nSPS) is 16.7. The molecule has 3 heteroatoms. The molecule has 0 aliphatic carbocycles. The van der Waals surface area contributed by atoms with Crippen LogP contribution in [0.3, 0.4) is 0 Å². The van der Waals surface area contributed by atoms with Crippen molar-refractivity contribution in [2.24, 2.45) is 0 Å². The first-order valence-corrected chi connectivity index (χ1v) is 7.32. The van der Waals surface area contributed by atoms with Crippen molar-refractivity contribution in [2.75, 3.05) is 45.2 Å². The molecule has 3 nitrogen and oxygen atoms in total. The van der Waals surface area contributed by atoms with E-state index in [9.17, 15) is 0 Å². The third-order valence-electron chi connectivity index (χ3n) is 4.09. The molecule has 1 heterocycles. The second-order valence-corrected chi connectivity index (χ2v) is 5.29. The van der Waals surface area contributed by atoms with Crippen LogP contribution in [-0.4, -0.2) is 45.2 Å². The largest absolute Gasteiger partial charge is 0.496 e. The van der Waals surface area contributed by atoms with E-state index in [0.717, 1.165) is 44.8 Å². The van der Waals surface area contributed by atoms with Crippen LogP contribution in [0.15, 0.2) is 12.1 Å². The lowest BCUT2D eigenvalue weighted by atomic mass is 10.0. The number of nitrogens with zero attached hydrogens (tertiary/aromatic N) is 2. The number of benzene rings is 1. The quantitative estimate of drug-likeness (QED) is 0.829. The summed E-state index contributed by atoms with van der Waals surface area (Å²) in [5.41, 5.74) is 4.13. The summed E-state index contributed by atoms with van der Waals surface area (Å²) < 4.78 is 5.55. The average Bonchev–Trinajstić information content (AvgIpc) is 2.46. The van der Waals surface area contributed by atoms with E-state index >= 15 is 0 Å². The summed E-state index contributed by atoms with van der Waals surface area (Å²) in [6, 6.07) is 4.56. The molecule has 0 atom stereocenters. The summed E-state index contributed by atoms with van der Waals surface area (Å²) in [6.45, 7) is 8.92. The standard InChI is InChI=1S/C16H26N2O/c1-5-13-11-14(6-2)16(19-4)12-15(13)18-9-7-17(3)8-10-18/h11-12H,5-10H2,1-4H3. The number of aryl methyl sites for hydroxylation is 2. The molecule has 0 spiro atoms. The third-order valence-corrected chi connectivity index (χ3v) is 4.09. The van der Waals surface area contributed by atoms with E-state index < -0.39 is 0 Å². The average molecular weight is 262 g/mol. The van der Waals surface area contributed by atoms with E-state index in [1.165, 1.54) is 16.8 Å². The summed E-state index contributed by atoms with van der Waals surface area (Å²) in [4.78, 5) is 4.89. The Balaban J connectivity index is 2.32. The first-order valence-electron chi connectivity index (χ1n) is 7.32. The molecule has 1 aromatic carbocycles. The van der Waals surface area contributed by atoms with Crippen molar-refractivity contribution < 1.29 is 4.74 Å². The highest BCUT2D eigenvalue weighted by Crippen LogP contribution is 2.31. The summed E-state index contributed by atoms with van der Waals surface area (Å²) in [7, 11) is 3.96. The van der Waals surface area contributed by atoms with E-state index in [1.807, 2.05) is 0 Å². The minimum atomic E-state index is 1.03. The van der Waals surface area contributed by atoms with Crippen LogP contribution in [0.5, 0.6) is 5.75 Å². The van der Waals surface area contributed by atoms with E-state index in [4.69, 9.17) is 4.74 Å². The number of ether oxygens (including phenoxy) is 1. The van der Waals surface area contributed by atoms with Gasteiger partial charge in [0.15, 0.2) is 0 Å². The number of rotatable bonds is 4. The van der Waals surface area contributed by atoms with Crippen LogP contribution in [-0.2, 0) is 12.8 Å². The number of methoxy groups -OCH3 is 1. The number of piperazine rings is 1. The first kappa shape index (κ1) is 14.2. The Morgan fingerprint density at radius 2 is 1.63 bits per heavy atom. The van der Waals surface area contributed by atoms with Crippen molar-refractivity contribution >= 4 is 5.69 Å². The number of hydrogen-bond donors (Lipinski definition) is 0. The van der Waals surface area contributed by atoms with Crippen molar-refractivity contribution in [3.63, 3.8) is 0 Å². The zero-order valence-electron chi connectivity index (χ0n) is 12.7. The second kappa shape index (κ2) is 6.29. The van der Waals surface area contributed by atoms with Gasteiger partial charge in [-0.3, -0.25) is 0 Å². The van der Waals surface area contributed by atoms with Gasteiger partial charge in [-0.05, 0) is 31.0 Å². The van der Waals surface area contributed by atoms with Crippen LogP contribution in [0.4, 0.5) is 5.69 Å². The molecule has 106 valence electrons. The molecule has 1 aliphatic rings. The maximum absolute atomic E-state index is 5.55. The highest BCUT2D eigenvalue weighted by molar-refractivity contribution is 5.60. The SMILES string of the molecule is CCc1cc(CC)c(N2CCN(C)CC2)cc1OC. The fourth-order valence-electron chi connectivity index (χ4n) is 2.76. The van der Waals surface area contributed by atoms with Crippen molar-refractivity contribution in [3.8, 4) is 5.75 Å². The minimum Gasteiger partial charge on any atom is -0.496 e. The van der Waals surface area contributed by atoms with Crippen LogP contribution in [0, 0.1) is 0 Å². The molecular formula is C16H26N2O. The monoisotopic (exact) mass is 262 g/mol. The lowest BCUT2D eigenvalue weighted by Gasteiger charge is -2.35. The Kier molecular flexibility index (Phi) is 4.70. The zero-order chi connectivity index (χ0) is 13.8. The molecule has 1 aliphatic heterocycles. The van der Waals surface area contributed by atoms with Gasteiger partial charge in [-0.1, -0.05) is 19.9 Å². The van der Waals surface area contributed by atoms with Gasteiger partial charge in [-0.15, -0.1) is 0 Å². The van der Waals surface area contributed by atoms with Crippen molar-refractivity contribution in [3.05, 3.63) is 23.3 Å². The minimum absolute atomic E-state index is 1.03. The lowest BCUT2D eigenvalue weighted by molar-refractivity contribution is 0.312. The Hall–Kier alpha value is -1.22. The van der Waals surface area contributed by atoms with Gasteiger partial charge in [0.1, 0.15) is 5.75 Å². The van der Waals surface area contributed by atoms with Gasteiger partial charge in [0.2, 0.25) is 0 Å². The Bertz CT molecular complexity index is 423. The second-order valence-electron chi connectivity index (χ2n) is 5.29. The molecule has 1 aromatic rings. The summed E-state index contributed by atoms with van der Waals surface area (Å²) in [6.07, 6.45) is 2.11. The van der Waals surface area contributed by atoms with E-state index in [2.05, 4.69) is 42.8 Å². The number of anilines is 1. The van der Waals surface area contributed by atoms with Gasteiger partial charge in [-0.25, -0.2) is 0 Å². The van der Waals surface area contributed by atoms with Gasteiger partial charge in [-0.2, -0.15) is 0 Å². The fraction of sp³-hybridized carbons (Fsp3) is 0.625. The summed E-state index contributed by atoms with van der Waals surface area (Å²) in [5.74, 6) is 1.04. The van der Waals surface area contributed by atoms with Crippen LogP contribution in [0.25, 0.3) is 0 Å². The molecular weight excluding hydrogens is 236 g/mol. The molecule has 0 radical (unpaired) electrons. The van der Waals surface area contributed by atoms with Crippen molar-refractivity contribution in [1.29, 1.82) is 0 Å². The number of likely N-dealkylation sites (N-methyl/N-ethyl adjacent to an activating group) is 1. The molecule has 0 saturated carbocycles. The lowest BCUT2D eigenvalue weighted by Crippen LogP contribution is -2.44. The molecule has 2 rings (SSSR count).